The molecule has 0 bridgehead atoms. The molecule has 0 spiro atoms. The Balaban J connectivity index is 1.77. The maximum absolute atomic E-state index is 12.5. The van der Waals surface area contributed by atoms with Crippen molar-refractivity contribution in [2.24, 2.45) is 0 Å². The number of nitrogens with one attached hydrogen (secondary N) is 1. The molecule has 0 aliphatic rings. The maximum atomic E-state index is 12.5. The van der Waals surface area contributed by atoms with E-state index in [-0.39, 0.29) is 11.2 Å². The van der Waals surface area contributed by atoms with Crippen molar-refractivity contribution in [3.8, 4) is 11.4 Å². The molecular formula is C19H19BrN4O2S. The Bertz CT molecular complexity index is 949. The number of aromatic nitrogens is 3. The third-order valence-corrected chi connectivity index (χ3v) is 5.50. The molecule has 1 N–H and O–H groups in total. The molecule has 140 valence electrons. The monoisotopic (exact) mass is 446 g/mol. The highest BCUT2D eigenvalue weighted by molar-refractivity contribution is 9.10. The molecule has 27 heavy (non-hydrogen) atoms. The minimum absolute atomic E-state index is 0.100. The van der Waals surface area contributed by atoms with Crippen LogP contribution in [-0.4, -0.2) is 25.9 Å². The molecule has 6 nitrogen and oxygen atoms in total. The lowest BCUT2D eigenvalue weighted by molar-refractivity contribution is -0.115. The van der Waals surface area contributed by atoms with Gasteiger partial charge in [0.25, 0.3) is 0 Å². The van der Waals surface area contributed by atoms with Gasteiger partial charge < -0.3 is 9.73 Å². The number of hydrogen-bond acceptors (Lipinski definition) is 5. The van der Waals surface area contributed by atoms with Gasteiger partial charge in [-0.2, -0.15) is 0 Å². The van der Waals surface area contributed by atoms with Gasteiger partial charge in [-0.05, 0) is 44.2 Å². The van der Waals surface area contributed by atoms with E-state index in [4.69, 9.17) is 4.42 Å². The summed E-state index contributed by atoms with van der Waals surface area (Å²) in [5.74, 6) is 1.37. The zero-order chi connectivity index (χ0) is 19.4. The van der Waals surface area contributed by atoms with Crippen LogP contribution in [0.3, 0.4) is 0 Å². The van der Waals surface area contributed by atoms with Crippen molar-refractivity contribution in [1.82, 2.24) is 14.8 Å². The molecule has 0 aliphatic carbocycles. The number of halogens is 1. The van der Waals surface area contributed by atoms with Crippen molar-refractivity contribution in [2.45, 2.75) is 30.8 Å². The predicted octanol–water partition coefficient (Wildman–Crippen LogP) is 4.91. The van der Waals surface area contributed by atoms with Gasteiger partial charge in [0.15, 0.2) is 11.0 Å². The first kappa shape index (κ1) is 19.4. The quantitative estimate of drug-likeness (QED) is 0.412. The fourth-order valence-corrected chi connectivity index (χ4v) is 3.60. The highest BCUT2D eigenvalue weighted by Crippen LogP contribution is 2.29. The number of furan rings is 1. The largest absolute Gasteiger partial charge is 0.469 e. The molecule has 1 atom stereocenters. The molecule has 0 radical (unpaired) electrons. The van der Waals surface area contributed by atoms with Gasteiger partial charge in [-0.1, -0.05) is 33.8 Å². The summed E-state index contributed by atoms with van der Waals surface area (Å²) < 4.78 is 8.26. The van der Waals surface area contributed by atoms with Crippen LogP contribution in [0.2, 0.25) is 0 Å². The molecule has 3 aromatic rings. The van der Waals surface area contributed by atoms with E-state index in [0.29, 0.717) is 17.5 Å². The number of rotatable bonds is 7. The molecule has 3 rings (SSSR count). The minimum atomic E-state index is -0.347. The summed E-state index contributed by atoms with van der Waals surface area (Å²) >= 11 is 4.74. The van der Waals surface area contributed by atoms with E-state index in [1.807, 2.05) is 48.7 Å². The van der Waals surface area contributed by atoms with E-state index in [2.05, 4.69) is 38.0 Å². The summed E-state index contributed by atoms with van der Waals surface area (Å²) in [5.41, 5.74) is 1.63. The van der Waals surface area contributed by atoms with Crippen molar-refractivity contribution in [3.63, 3.8) is 0 Å². The van der Waals surface area contributed by atoms with E-state index in [1.165, 1.54) is 11.8 Å². The summed E-state index contributed by atoms with van der Waals surface area (Å²) in [7, 11) is 0. The lowest BCUT2D eigenvalue weighted by atomic mass is 10.2. The first-order chi connectivity index (χ1) is 13.0. The van der Waals surface area contributed by atoms with E-state index in [9.17, 15) is 4.79 Å². The van der Waals surface area contributed by atoms with Crippen molar-refractivity contribution < 1.29 is 9.21 Å². The van der Waals surface area contributed by atoms with Crippen LogP contribution < -0.4 is 5.32 Å². The molecule has 1 amide bonds. The Labute approximate surface area is 170 Å². The number of benzene rings is 1. The van der Waals surface area contributed by atoms with Gasteiger partial charge in [-0.25, -0.2) is 0 Å². The van der Waals surface area contributed by atoms with Gasteiger partial charge in [0.05, 0.1) is 17.1 Å². The summed E-state index contributed by atoms with van der Waals surface area (Å²) in [6, 6.07) is 9.32. The highest BCUT2D eigenvalue weighted by atomic mass is 79.9. The predicted molar refractivity (Wildman–Crippen MR) is 111 cm³/mol. The average molecular weight is 447 g/mol. The summed E-state index contributed by atoms with van der Waals surface area (Å²) in [6.07, 6.45) is 3.40. The molecule has 2 heterocycles. The highest BCUT2D eigenvalue weighted by Gasteiger charge is 2.21. The van der Waals surface area contributed by atoms with Crippen molar-refractivity contribution >= 4 is 39.3 Å². The molecule has 2 aromatic heterocycles. The van der Waals surface area contributed by atoms with E-state index >= 15 is 0 Å². The zero-order valence-electron chi connectivity index (χ0n) is 15.0. The lowest BCUT2D eigenvalue weighted by Crippen LogP contribution is -2.22. The Morgan fingerprint density at radius 3 is 2.74 bits per heavy atom. The Hall–Kier alpha value is -2.32. The standard InChI is InChI=1S/C19H19BrN4O2S/c1-4-10-24-17(16-9-11-26-12(16)2)22-23-19(24)27-13(3)18(25)21-15-7-5-14(20)6-8-15/h4-9,11,13H,1,10H2,2-3H3,(H,21,25). The SMILES string of the molecule is C=CCn1c(SC(C)C(=O)Nc2ccc(Br)cc2)nnc1-c1ccoc1C. The van der Waals surface area contributed by atoms with Crippen LogP contribution in [0.4, 0.5) is 5.69 Å². The van der Waals surface area contributed by atoms with Crippen LogP contribution >= 0.6 is 27.7 Å². The molecule has 1 aromatic carbocycles. The number of carbonyl (C=O) groups excluding carboxylic acids is 1. The third-order valence-electron chi connectivity index (χ3n) is 3.89. The zero-order valence-corrected chi connectivity index (χ0v) is 17.4. The van der Waals surface area contributed by atoms with Crippen molar-refractivity contribution in [2.75, 3.05) is 5.32 Å². The topological polar surface area (TPSA) is 73.0 Å². The average Bonchev–Trinajstić information content (AvgIpc) is 3.23. The van der Waals surface area contributed by atoms with Gasteiger partial charge in [0.2, 0.25) is 5.91 Å². The Morgan fingerprint density at radius 1 is 1.37 bits per heavy atom. The van der Waals surface area contributed by atoms with Gasteiger partial charge in [0, 0.05) is 16.7 Å². The van der Waals surface area contributed by atoms with Crippen LogP contribution in [0.1, 0.15) is 12.7 Å². The van der Waals surface area contributed by atoms with E-state index in [0.717, 1.165) is 21.5 Å². The molecule has 0 saturated carbocycles. The lowest BCUT2D eigenvalue weighted by Gasteiger charge is -2.13. The normalized spacial score (nSPS) is 12.0. The fourth-order valence-electron chi connectivity index (χ4n) is 2.47. The molecular weight excluding hydrogens is 428 g/mol. The fraction of sp³-hybridized carbons (Fsp3) is 0.211. The second-order valence-corrected chi connectivity index (χ2v) is 8.08. The third kappa shape index (κ3) is 4.51. The maximum Gasteiger partial charge on any atom is 0.237 e. The van der Waals surface area contributed by atoms with Gasteiger partial charge in [-0.3, -0.25) is 9.36 Å². The van der Waals surface area contributed by atoms with E-state index < -0.39 is 0 Å². The smallest absolute Gasteiger partial charge is 0.237 e. The van der Waals surface area contributed by atoms with Crippen LogP contribution in [0, 0.1) is 6.92 Å². The second kappa shape index (κ2) is 8.58. The first-order valence-electron chi connectivity index (χ1n) is 8.31. The number of carbonyl (C=O) groups is 1. The van der Waals surface area contributed by atoms with Crippen LogP contribution in [0.15, 0.2) is 63.3 Å². The minimum Gasteiger partial charge on any atom is -0.469 e. The first-order valence-corrected chi connectivity index (χ1v) is 9.98. The number of amides is 1. The Kier molecular flexibility index (Phi) is 6.18. The van der Waals surface area contributed by atoms with Crippen molar-refractivity contribution in [1.29, 1.82) is 0 Å². The summed E-state index contributed by atoms with van der Waals surface area (Å²) in [4.78, 5) is 12.5. The molecule has 0 aliphatic heterocycles. The number of thioether (sulfide) groups is 1. The molecule has 1 unspecified atom stereocenters. The van der Waals surface area contributed by atoms with Crippen LogP contribution in [0.25, 0.3) is 11.4 Å². The number of hydrogen-bond donors (Lipinski definition) is 1. The van der Waals surface area contributed by atoms with Crippen molar-refractivity contribution in [3.05, 3.63) is 59.5 Å². The molecule has 0 saturated heterocycles. The van der Waals surface area contributed by atoms with Crippen LogP contribution in [0.5, 0.6) is 0 Å². The van der Waals surface area contributed by atoms with Crippen LogP contribution in [-0.2, 0) is 11.3 Å². The van der Waals surface area contributed by atoms with E-state index in [1.54, 1.807) is 12.3 Å². The van der Waals surface area contributed by atoms with Gasteiger partial charge >= 0.3 is 0 Å². The number of aryl methyl sites for hydroxylation is 1. The number of anilines is 1. The second-order valence-electron chi connectivity index (χ2n) is 5.85. The van der Waals surface area contributed by atoms with Gasteiger partial charge in [0.1, 0.15) is 5.76 Å². The van der Waals surface area contributed by atoms with Gasteiger partial charge in [-0.15, -0.1) is 16.8 Å². The summed E-state index contributed by atoms with van der Waals surface area (Å²) in [6.45, 7) is 8.06. The number of allylic oxidation sites excluding steroid dienone is 1. The molecule has 8 heteroatoms. The summed E-state index contributed by atoms with van der Waals surface area (Å²) in [5, 5.41) is 11.8. The molecule has 0 fully saturated rings. The number of nitrogens with zero attached hydrogens (tertiary/aromatic N) is 3. The Morgan fingerprint density at radius 2 is 2.11 bits per heavy atom.